The van der Waals surface area contributed by atoms with Gasteiger partial charge in [-0.25, -0.2) is 0 Å². The van der Waals surface area contributed by atoms with Crippen LogP contribution in [0.2, 0.25) is 0 Å². The van der Waals surface area contributed by atoms with Crippen LogP contribution in [0, 0.1) is 13.0 Å². The van der Waals surface area contributed by atoms with Crippen LogP contribution in [0.25, 0.3) is 0 Å². The summed E-state index contributed by atoms with van der Waals surface area (Å²) in [6.07, 6.45) is 0. The first-order valence-electron chi connectivity index (χ1n) is 11.0. The van der Waals surface area contributed by atoms with Crippen molar-refractivity contribution in [2.75, 3.05) is 32.8 Å². The van der Waals surface area contributed by atoms with Crippen LogP contribution in [0.5, 0.6) is 0 Å². The molecule has 0 spiro atoms. The van der Waals surface area contributed by atoms with Gasteiger partial charge in [-0.3, -0.25) is 24.0 Å². The third-order valence-corrected chi connectivity index (χ3v) is 3.95. The first kappa shape index (κ1) is 36.3. The van der Waals surface area contributed by atoms with E-state index >= 15 is 0 Å². The topological polar surface area (TPSA) is 157 Å². The molecule has 0 radical (unpaired) electrons. The van der Waals surface area contributed by atoms with Gasteiger partial charge in [0.25, 0.3) is 11.9 Å². The van der Waals surface area contributed by atoms with Gasteiger partial charge in [-0.05, 0) is 31.9 Å². The number of rotatable bonds is 12. The molecular formula is C26H33CoN3O8-2. The van der Waals surface area contributed by atoms with Gasteiger partial charge in [-0.1, -0.05) is 19.7 Å². The molecule has 0 fully saturated rings. The van der Waals surface area contributed by atoms with Crippen molar-refractivity contribution in [2.45, 2.75) is 20.8 Å². The van der Waals surface area contributed by atoms with E-state index in [-0.39, 0.29) is 55.2 Å². The van der Waals surface area contributed by atoms with E-state index in [1.165, 1.54) is 18.2 Å². The van der Waals surface area contributed by atoms with Gasteiger partial charge in [0.15, 0.2) is 0 Å². The monoisotopic (exact) mass is 574 g/mol. The predicted molar refractivity (Wildman–Crippen MR) is 135 cm³/mol. The normalized spacial score (nSPS) is 9.08. The van der Waals surface area contributed by atoms with Crippen LogP contribution in [0.3, 0.4) is 0 Å². The summed E-state index contributed by atoms with van der Waals surface area (Å²) in [4.78, 5) is 57.2. The molecule has 0 aliphatic carbocycles. The second-order valence-electron chi connectivity index (χ2n) is 7.39. The summed E-state index contributed by atoms with van der Waals surface area (Å²) in [6, 6.07) is 6.74. The summed E-state index contributed by atoms with van der Waals surface area (Å²) in [7, 11) is 0. The summed E-state index contributed by atoms with van der Waals surface area (Å²) < 4.78 is 18.0. The van der Waals surface area contributed by atoms with Gasteiger partial charge in [-0.15, -0.1) is 12.6 Å². The summed E-state index contributed by atoms with van der Waals surface area (Å²) in [5.41, 5.74) is 1.47. The molecule has 0 unspecified atom stereocenters. The fourth-order valence-electron chi connectivity index (χ4n) is 2.06. The van der Waals surface area contributed by atoms with Crippen molar-refractivity contribution in [3.05, 3.63) is 78.8 Å². The standard InChI is InChI=1S/C20H23N2O6.C6H10NO.Co.O/c1-13(2)17(23)21-8-10-27-19(25)15-6-5-7-16(12-15)20(26)28-11-9-22-18(24)14(3)4;1-4-7-6(8)5(2)3;;/h6-7,12H,1,3,8-11H2,2,4H3,(H,21,23)(H,22,24);1-2,4H2,3H3,(H,7,8);;/q2*-1;;. The molecule has 0 bridgehead atoms. The van der Waals surface area contributed by atoms with E-state index in [1.54, 1.807) is 20.8 Å². The minimum absolute atomic E-state index is 0.0328. The van der Waals surface area contributed by atoms with Gasteiger partial charge in [0.1, 0.15) is 13.2 Å². The molecule has 0 aliphatic heterocycles. The fraction of sp³-hybridized carbons (Fsp3) is 0.308. The van der Waals surface area contributed by atoms with Gasteiger partial charge < -0.3 is 32.3 Å². The summed E-state index contributed by atoms with van der Waals surface area (Å²) in [5.74, 6) is -2.10. The fourth-order valence-corrected chi connectivity index (χ4v) is 2.06. The summed E-state index contributed by atoms with van der Waals surface area (Å²) >= 11 is 2.31. The maximum absolute atomic E-state index is 12.0. The predicted octanol–water partition coefficient (Wildman–Crippen LogP) is 1.58. The Morgan fingerprint density at radius 2 is 1.11 bits per heavy atom. The van der Waals surface area contributed by atoms with E-state index in [4.69, 9.17) is 13.3 Å². The molecule has 1 aromatic rings. The Morgan fingerprint density at radius 1 is 0.763 bits per heavy atom. The Kier molecular flexibility index (Phi) is 20.2. The number of esters is 2. The molecule has 211 valence electrons. The average molecular weight is 574 g/mol. The van der Waals surface area contributed by atoms with Gasteiger partial charge in [-0.2, -0.15) is 18.2 Å². The SMILES string of the molecule is C=C(C)C(=O)NCCOC(=O)c1c[c-]cc(C(=O)OCCNC(=O)C(=C)C)c1.C=C(C)C(=O)NC[CH2-].[O]=[Co]. The first-order chi connectivity index (χ1) is 17.9. The van der Waals surface area contributed by atoms with Crippen LogP contribution in [-0.2, 0) is 43.4 Å². The molecular weight excluding hydrogens is 541 g/mol. The molecule has 0 saturated heterocycles. The Hall–Kier alpha value is -3.90. The van der Waals surface area contributed by atoms with Crippen molar-refractivity contribution in [2.24, 2.45) is 0 Å². The van der Waals surface area contributed by atoms with Crippen molar-refractivity contribution in [3.8, 4) is 0 Å². The zero-order valence-corrected chi connectivity index (χ0v) is 22.7. The van der Waals surface area contributed by atoms with E-state index in [0.29, 0.717) is 23.3 Å². The number of ether oxygens (including phenoxy) is 2. The van der Waals surface area contributed by atoms with Crippen LogP contribution >= 0.6 is 0 Å². The molecule has 1 aromatic carbocycles. The Bertz CT molecular complexity index is 962. The van der Waals surface area contributed by atoms with Gasteiger partial charge in [0, 0.05) is 16.7 Å². The van der Waals surface area contributed by atoms with E-state index in [9.17, 15) is 24.0 Å². The van der Waals surface area contributed by atoms with Crippen molar-refractivity contribution in [3.63, 3.8) is 0 Å². The van der Waals surface area contributed by atoms with Crippen LogP contribution in [0.1, 0.15) is 41.5 Å². The zero-order valence-electron chi connectivity index (χ0n) is 21.7. The van der Waals surface area contributed by atoms with E-state index in [1.807, 2.05) is 0 Å². The molecule has 0 aromatic heterocycles. The number of benzene rings is 1. The molecule has 0 heterocycles. The van der Waals surface area contributed by atoms with Crippen molar-refractivity contribution < 1.29 is 53.0 Å². The quantitative estimate of drug-likeness (QED) is 0.147. The van der Waals surface area contributed by atoms with E-state index < -0.39 is 11.9 Å². The maximum atomic E-state index is 12.0. The number of hydrogen-bond acceptors (Lipinski definition) is 8. The number of nitrogens with one attached hydrogen (secondary N) is 3. The minimum atomic E-state index is -0.663. The number of carbonyl (C=O) groups excluding carboxylic acids is 5. The number of carbonyl (C=O) groups is 5. The molecule has 3 N–H and O–H groups in total. The Morgan fingerprint density at radius 3 is 1.39 bits per heavy atom. The zero-order chi connectivity index (χ0) is 29.7. The van der Waals surface area contributed by atoms with Crippen LogP contribution < -0.4 is 16.0 Å². The van der Waals surface area contributed by atoms with Crippen molar-refractivity contribution >= 4 is 29.7 Å². The molecule has 12 heteroatoms. The summed E-state index contributed by atoms with van der Waals surface area (Å²) in [5, 5.41) is 7.55. The molecule has 0 saturated carbocycles. The van der Waals surface area contributed by atoms with E-state index in [0.717, 1.165) is 0 Å². The molecule has 11 nitrogen and oxygen atoms in total. The second-order valence-corrected chi connectivity index (χ2v) is 7.39. The number of hydrogen-bond donors (Lipinski definition) is 3. The third kappa shape index (κ3) is 16.7. The van der Waals surface area contributed by atoms with Gasteiger partial charge >= 0.3 is 19.5 Å². The van der Waals surface area contributed by atoms with Crippen LogP contribution in [0.4, 0.5) is 0 Å². The summed E-state index contributed by atoms with van der Waals surface area (Å²) in [6.45, 7) is 19.3. The third-order valence-electron chi connectivity index (χ3n) is 3.95. The van der Waals surface area contributed by atoms with Crippen molar-refractivity contribution in [1.29, 1.82) is 0 Å². The molecule has 0 atom stereocenters. The van der Waals surface area contributed by atoms with Crippen LogP contribution in [0.15, 0.2) is 54.7 Å². The van der Waals surface area contributed by atoms with E-state index in [2.05, 4.69) is 64.3 Å². The molecule has 0 aliphatic rings. The van der Waals surface area contributed by atoms with Crippen molar-refractivity contribution in [1.82, 2.24) is 16.0 Å². The van der Waals surface area contributed by atoms with Gasteiger partial charge in [0.05, 0.1) is 13.1 Å². The number of amides is 3. The molecule has 1 rings (SSSR count). The second kappa shape index (κ2) is 21.2. The molecule has 3 amide bonds. The Labute approximate surface area is 230 Å². The first-order valence-corrected chi connectivity index (χ1v) is 11.4. The Balaban J connectivity index is 0. The average Bonchev–Trinajstić information content (AvgIpc) is 2.90. The van der Waals surface area contributed by atoms with Gasteiger partial charge in [0.2, 0.25) is 17.7 Å². The van der Waals surface area contributed by atoms with Crippen LogP contribution in [-0.4, -0.2) is 62.5 Å². The molecule has 38 heavy (non-hydrogen) atoms.